The van der Waals surface area contributed by atoms with Crippen molar-refractivity contribution in [3.63, 3.8) is 0 Å². The molecule has 1 atom stereocenters. The standard InChI is InChI=1S/C29H25Cl2NO4/c1-3-4-12-35-20-10-7-9-18(14-20)26-25-27(33)21-15-23(31)17(2)13-24(21)36-28(25)29(34)32(26)16-19-8-5-6-11-22(19)30/h5-11,13-15,26H,3-4,12,16H2,1-2H3. The highest BCUT2D eigenvalue weighted by atomic mass is 35.5. The summed E-state index contributed by atoms with van der Waals surface area (Å²) >= 11 is 12.8. The minimum Gasteiger partial charge on any atom is -0.494 e. The average Bonchev–Trinajstić information content (AvgIpc) is 3.14. The molecule has 7 heteroatoms. The molecule has 2 heterocycles. The molecule has 5 rings (SSSR count). The van der Waals surface area contributed by atoms with E-state index in [0.29, 0.717) is 38.9 Å². The van der Waals surface area contributed by atoms with Gasteiger partial charge in [0.25, 0.3) is 5.91 Å². The van der Waals surface area contributed by atoms with Crippen molar-refractivity contribution in [3.05, 3.63) is 109 Å². The van der Waals surface area contributed by atoms with Crippen LogP contribution in [-0.2, 0) is 6.54 Å². The largest absolute Gasteiger partial charge is 0.494 e. The molecule has 1 aromatic heterocycles. The van der Waals surface area contributed by atoms with E-state index in [0.717, 1.165) is 29.5 Å². The zero-order valence-corrected chi connectivity index (χ0v) is 21.5. The van der Waals surface area contributed by atoms with Gasteiger partial charge in [0.05, 0.1) is 23.6 Å². The Labute approximate surface area is 219 Å². The van der Waals surface area contributed by atoms with E-state index >= 15 is 0 Å². The second kappa shape index (κ2) is 10.00. The van der Waals surface area contributed by atoms with Gasteiger partial charge < -0.3 is 14.1 Å². The molecule has 0 saturated carbocycles. The van der Waals surface area contributed by atoms with E-state index in [1.165, 1.54) is 0 Å². The molecule has 1 aliphatic heterocycles. The van der Waals surface area contributed by atoms with Crippen molar-refractivity contribution in [3.8, 4) is 5.75 Å². The summed E-state index contributed by atoms with van der Waals surface area (Å²) in [5.41, 5.74) is 2.66. The number of nitrogens with zero attached hydrogens (tertiary/aromatic N) is 1. The van der Waals surface area contributed by atoms with Crippen molar-refractivity contribution in [2.24, 2.45) is 0 Å². The highest BCUT2D eigenvalue weighted by Crippen LogP contribution is 2.41. The number of rotatable bonds is 7. The number of benzene rings is 3. The van der Waals surface area contributed by atoms with Crippen LogP contribution in [0.1, 0.15) is 58.6 Å². The fourth-order valence-electron chi connectivity index (χ4n) is 4.57. The third-order valence-electron chi connectivity index (χ3n) is 6.49. The Balaban J connectivity index is 1.68. The molecule has 184 valence electrons. The molecule has 0 spiro atoms. The van der Waals surface area contributed by atoms with Crippen molar-refractivity contribution >= 4 is 40.1 Å². The first kappa shape index (κ1) is 24.4. The minimum absolute atomic E-state index is 0.0450. The maximum absolute atomic E-state index is 13.8. The molecule has 1 unspecified atom stereocenters. The number of ether oxygens (including phenoxy) is 1. The van der Waals surface area contributed by atoms with Gasteiger partial charge in [-0.1, -0.05) is 66.9 Å². The summed E-state index contributed by atoms with van der Waals surface area (Å²) in [4.78, 5) is 29.2. The second-order valence-corrected chi connectivity index (χ2v) is 9.79. The number of carbonyl (C=O) groups is 1. The number of fused-ring (bicyclic) bond motifs is 2. The molecule has 0 saturated heterocycles. The Bertz CT molecular complexity index is 1530. The molecular weight excluding hydrogens is 497 g/mol. The smallest absolute Gasteiger partial charge is 0.291 e. The first-order valence-corrected chi connectivity index (χ1v) is 12.7. The fourth-order valence-corrected chi connectivity index (χ4v) is 4.93. The number of hydrogen-bond acceptors (Lipinski definition) is 4. The Morgan fingerprint density at radius 3 is 2.58 bits per heavy atom. The number of carbonyl (C=O) groups excluding carboxylic acids is 1. The predicted octanol–water partition coefficient (Wildman–Crippen LogP) is 7.33. The minimum atomic E-state index is -0.667. The van der Waals surface area contributed by atoms with Crippen LogP contribution >= 0.6 is 23.2 Å². The van der Waals surface area contributed by atoms with Gasteiger partial charge in [0, 0.05) is 16.6 Å². The Hall–Kier alpha value is -3.28. The van der Waals surface area contributed by atoms with Crippen LogP contribution in [-0.4, -0.2) is 17.4 Å². The first-order chi connectivity index (χ1) is 17.4. The van der Waals surface area contributed by atoms with Crippen LogP contribution in [0.3, 0.4) is 0 Å². The van der Waals surface area contributed by atoms with Gasteiger partial charge in [-0.25, -0.2) is 0 Å². The monoisotopic (exact) mass is 521 g/mol. The van der Waals surface area contributed by atoms with Crippen molar-refractivity contribution < 1.29 is 13.9 Å². The zero-order valence-electron chi connectivity index (χ0n) is 20.0. The van der Waals surface area contributed by atoms with Crippen LogP contribution in [0.2, 0.25) is 10.0 Å². The Morgan fingerprint density at radius 1 is 1.00 bits per heavy atom. The van der Waals surface area contributed by atoms with E-state index in [2.05, 4.69) is 6.92 Å². The van der Waals surface area contributed by atoms with E-state index in [1.807, 2.05) is 49.4 Å². The molecule has 3 aromatic carbocycles. The quantitative estimate of drug-likeness (QED) is 0.239. The molecule has 5 nitrogen and oxygen atoms in total. The number of halogens is 2. The molecule has 36 heavy (non-hydrogen) atoms. The van der Waals surface area contributed by atoms with Gasteiger partial charge >= 0.3 is 0 Å². The van der Waals surface area contributed by atoms with Crippen molar-refractivity contribution in [2.75, 3.05) is 6.61 Å². The lowest BCUT2D eigenvalue weighted by Crippen LogP contribution is -2.29. The van der Waals surface area contributed by atoms with Gasteiger partial charge in [-0.3, -0.25) is 9.59 Å². The van der Waals surface area contributed by atoms with E-state index in [1.54, 1.807) is 23.1 Å². The number of hydrogen-bond donors (Lipinski definition) is 0. The van der Waals surface area contributed by atoms with Crippen molar-refractivity contribution in [1.29, 1.82) is 0 Å². The first-order valence-electron chi connectivity index (χ1n) is 11.9. The summed E-state index contributed by atoms with van der Waals surface area (Å²) in [7, 11) is 0. The Kier molecular flexibility index (Phi) is 6.78. The molecule has 0 radical (unpaired) electrons. The van der Waals surface area contributed by atoms with E-state index < -0.39 is 6.04 Å². The predicted molar refractivity (Wildman–Crippen MR) is 142 cm³/mol. The lowest BCUT2D eigenvalue weighted by atomic mass is 9.97. The Morgan fingerprint density at radius 2 is 1.81 bits per heavy atom. The third-order valence-corrected chi connectivity index (χ3v) is 7.26. The average molecular weight is 522 g/mol. The zero-order chi connectivity index (χ0) is 25.4. The summed E-state index contributed by atoms with van der Waals surface area (Å²) in [6, 6.07) is 17.5. The van der Waals surface area contributed by atoms with Gasteiger partial charge in [-0.05, 0) is 60.4 Å². The molecule has 0 aliphatic carbocycles. The maximum Gasteiger partial charge on any atom is 0.291 e. The van der Waals surface area contributed by atoms with Crippen LogP contribution < -0.4 is 10.2 Å². The summed E-state index contributed by atoms with van der Waals surface area (Å²) in [6.45, 7) is 4.73. The van der Waals surface area contributed by atoms with Crippen molar-refractivity contribution in [2.45, 2.75) is 39.3 Å². The SMILES string of the molecule is CCCCOc1cccc(C2c3c(oc4cc(C)c(Cl)cc4c3=O)C(=O)N2Cc2ccccc2Cl)c1. The van der Waals surface area contributed by atoms with E-state index in [-0.39, 0.29) is 23.6 Å². The van der Waals surface area contributed by atoms with Gasteiger partial charge in [-0.2, -0.15) is 0 Å². The van der Waals surface area contributed by atoms with Crippen molar-refractivity contribution in [1.82, 2.24) is 4.90 Å². The van der Waals surface area contributed by atoms with Crippen LogP contribution in [0.5, 0.6) is 5.75 Å². The molecule has 0 fully saturated rings. The van der Waals surface area contributed by atoms with Crippen LogP contribution in [0.15, 0.2) is 69.9 Å². The molecular formula is C29H25Cl2NO4. The van der Waals surface area contributed by atoms with E-state index in [9.17, 15) is 9.59 Å². The topological polar surface area (TPSA) is 59.8 Å². The normalized spacial score (nSPS) is 14.9. The highest BCUT2D eigenvalue weighted by molar-refractivity contribution is 6.32. The summed E-state index contributed by atoms with van der Waals surface area (Å²) in [5, 5.41) is 1.36. The summed E-state index contributed by atoms with van der Waals surface area (Å²) in [5.74, 6) is 0.366. The van der Waals surface area contributed by atoms with Gasteiger partial charge in [-0.15, -0.1) is 0 Å². The van der Waals surface area contributed by atoms with Gasteiger partial charge in [0.2, 0.25) is 5.76 Å². The van der Waals surface area contributed by atoms with E-state index in [4.69, 9.17) is 32.4 Å². The molecule has 1 amide bonds. The van der Waals surface area contributed by atoms with Crippen LogP contribution in [0.25, 0.3) is 11.0 Å². The van der Waals surface area contributed by atoms with Gasteiger partial charge in [0.1, 0.15) is 11.3 Å². The number of amides is 1. The molecule has 1 aliphatic rings. The van der Waals surface area contributed by atoms with Gasteiger partial charge in [0.15, 0.2) is 5.43 Å². The molecule has 0 N–H and O–H groups in total. The molecule has 4 aromatic rings. The van der Waals surface area contributed by atoms with Crippen LogP contribution in [0.4, 0.5) is 0 Å². The summed E-state index contributed by atoms with van der Waals surface area (Å²) in [6.07, 6.45) is 1.95. The summed E-state index contributed by atoms with van der Waals surface area (Å²) < 4.78 is 12.0. The lowest BCUT2D eigenvalue weighted by Gasteiger charge is -2.26. The second-order valence-electron chi connectivity index (χ2n) is 8.97. The fraction of sp³-hybridized carbons (Fsp3) is 0.241. The number of aryl methyl sites for hydroxylation is 1. The maximum atomic E-state index is 13.8. The van der Waals surface area contributed by atoms with Crippen LogP contribution in [0, 0.1) is 6.92 Å². The molecule has 0 bridgehead atoms. The highest BCUT2D eigenvalue weighted by Gasteiger charge is 2.43. The third kappa shape index (κ3) is 4.38. The lowest BCUT2D eigenvalue weighted by molar-refractivity contribution is 0.0714. The number of unbranched alkanes of at least 4 members (excludes halogenated alkanes) is 1.